The molecule has 0 aliphatic carbocycles. The summed E-state index contributed by atoms with van der Waals surface area (Å²) in [5.74, 6) is 0. The molecule has 0 unspecified atom stereocenters. The third-order valence-corrected chi connectivity index (χ3v) is 4.99. The van der Waals surface area contributed by atoms with Crippen LogP contribution in [0.5, 0.6) is 0 Å². The third-order valence-electron chi connectivity index (χ3n) is 2.58. The second-order valence-electron chi connectivity index (χ2n) is 3.55. The standard InChI is InChI=1S/C11H17ClN2O2S/c1-3-14(4-2)17(15,16)10-5-6-11(12)9(7-10)8-13/h5-7H,3-4,8,13H2,1-2H3. The highest BCUT2D eigenvalue weighted by atomic mass is 35.5. The molecule has 96 valence electrons. The van der Waals surface area contributed by atoms with Gasteiger partial charge in [0.05, 0.1) is 4.90 Å². The van der Waals surface area contributed by atoms with Gasteiger partial charge in [0, 0.05) is 24.7 Å². The quantitative estimate of drug-likeness (QED) is 0.892. The second-order valence-corrected chi connectivity index (χ2v) is 5.89. The number of hydrogen-bond acceptors (Lipinski definition) is 3. The van der Waals surface area contributed by atoms with Crippen molar-refractivity contribution < 1.29 is 8.42 Å². The van der Waals surface area contributed by atoms with Crippen molar-refractivity contribution >= 4 is 21.6 Å². The minimum Gasteiger partial charge on any atom is -0.326 e. The number of rotatable bonds is 5. The largest absolute Gasteiger partial charge is 0.326 e. The van der Waals surface area contributed by atoms with E-state index in [1.54, 1.807) is 19.9 Å². The molecule has 6 heteroatoms. The normalized spacial score (nSPS) is 12.1. The van der Waals surface area contributed by atoms with Crippen LogP contribution in [-0.4, -0.2) is 25.8 Å². The lowest BCUT2D eigenvalue weighted by atomic mass is 10.2. The summed E-state index contributed by atoms with van der Waals surface area (Å²) < 4.78 is 25.8. The highest BCUT2D eigenvalue weighted by molar-refractivity contribution is 7.89. The molecule has 0 saturated heterocycles. The summed E-state index contributed by atoms with van der Waals surface area (Å²) >= 11 is 5.91. The zero-order valence-corrected chi connectivity index (χ0v) is 11.6. The smallest absolute Gasteiger partial charge is 0.243 e. The fraction of sp³-hybridized carbons (Fsp3) is 0.455. The van der Waals surface area contributed by atoms with Crippen molar-refractivity contribution in [1.29, 1.82) is 0 Å². The zero-order chi connectivity index (χ0) is 13.1. The minimum absolute atomic E-state index is 0.223. The van der Waals surface area contributed by atoms with E-state index < -0.39 is 10.0 Å². The Balaban J connectivity index is 3.24. The topological polar surface area (TPSA) is 63.4 Å². The van der Waals surface area contributed by atoms with Crippen LogP contribution in [0.15, 0.2) is 23.1 Å². The summed E-state index contributed by atoms with van der Waals surface area (Å²) in [5, 5.41) is 0.492. The molecule has 0 heterocycles. The Kier molecular flexibility index (Phi) is 4.94. The van der Waals surface area contributed by atoms with Crippen molar-refractivity contribution in [2.24, 2.45) is 5.73 Å². The van der Waals surface area contributed by atoms with Gasteiger partial charge < -0.3 is 5.73 Å². The fourth-order valence-corrected chi connectivity index (χ4v) is 3.28. The van der Waals surface area contributed by atoms with Crippen LogP contribution in [-0.2, 0) is 16.6 Å². The van der Waals surface area contributed by atoms with E-state index in [2.05, 4.69) is 0 Å². The van der Waals surface area contributed by atoms with Crippen molar-refractivity contribution in [2.75, 3.05) is 13.1 Å². The van der Waals surface area contributed by atoms with E-state index in [1.165, 1.54) is 16.4 Å². The molecule has 1 rings (SSSR count). The number of hydrogen-bond donors (Lipinski definition) is 1. The lowest BCUT2D eigenvalue weighted by Crippen LogP contribution is -2.30. The predicted octanol–water partition coefficient (Wildman–Crippen LogP) is 1.83. The number of benzene rings is 1. The van der Waals surface area contributed by atoms with E-state index in [1.807, 2.05) is 0 Å². The van der Waals surface area contributed by atoms with Gasteiger partial charge in [0.2, 0.25) is 10.0 Å². The maximum atomic E-state index is 12.2. The van der Waals surface area contributed by atoms with Crippen LogP contribution >= 0.6 is 11.6 Å². The van der Waals surface area contributed by atoms with E-state index in [0.29, 0.717) is 23.7 Å². The van der Waals surface area contributed by atoms with Crippen LogP contribution in [0.1, 0.15) is 19.4 Å². The van der Waals surface area contributed by atoms with Crippen molar-refractivity contribution in [3.05, 3.63) is 28.8 Å². The van der Waals surface area contributed by atoms with Gasteiger partial charge in [0.15, 0.2) is 0 Å². The SMILES string of the molecule is CCN(CC)S(=O)(=O)c1ccc(Cl)c(CN)c1. The van der Waals surface area contributed by atoms with E-state index in [4.69, 9.17) is 17.3 Å². The number of sulfonamides is 1. The molecule has 1 aromatic carbocycles. The van der Waals surface area contributed by atoms with Crippen LogP contribution < -0.4 is 5.73 Å². The molecule has 0 saturated carbocycles. The average Bonchev–Trinajstić information content (AvgIpc) is 2.30. The summed E-state index contributed by atoms with van der Waals surface area (Å²) in [5.41, 5.74) is 6.15. The van der Waals surface area contributed by atoms with Crippen LogP contribution in [0.4, 0.5) is 0 Å². The van der Waals surface area contributed by atoms with Crippen molar-refractivity contribution in [3.8, 4) is 0 Å². The molecule has 0 atom stereocenters. The molecule has 2 N–H and O–H groups in total. The zero-order valence-electron chi connectivity index (χ0n) is 9.98. The van der Waals surface area contributed by atoms with E-state index in [9.17, 15) is 8.42 Å². The summed E-state index contributed by atoms with van der Waals surface area (Å²) in [6.45, 7) is 4.72. The minimum atomic E-state index is -3.43. The van der Waals surface area contributed by atoms with Gasteiger partial charge in [-0.15, -0.1) is 0 Å². The molecule has 0 aliphatic heterocycles. The molecule has 0 spiro atoms. The number of nitrogens with two attached hydrogens (primary N) is 1. The van der Waals surface area contributed by atoms with Crippen molar-refractivity contribution in [1.82, 2.24) is 4.31 Å². The summed E-state index contributed by atoms with van der Waals surface area (Å²) in [4.78, 5) is 0.242. The molecule has 17 heavy (non-hydrogen) atoms. The molecule has 0 radical (unpaired) electrons. The molecule has 0 fully saturated rings. The third kappa shape index (κ3) is 2.98. The molecule has 0 aromatic heterocycles. The van der Waals surface area contributed by atoms with Gasteiger partial charge in [-0.05, 0) is 23.8 Å². The first-order valence-corrected chi connectivity index (χ1v) is 7.27. The first-order valence-electron chi connectivity index (χ1n) is 5.46. The van der Waals surface area contributed by atoms with Gasteiger partial charge in [0.25, 0.3) is 0 Å². The molecule has 0 amide bonds. The van der Waals surface area contributed by atoms with Crippen LogP contribution in [0.25, 0.3) is 0 Å². The molecule has 0 aliphatic rings. The van der Waals surface area contributed by atoms with Crippen LogP contribution in [0, 0.1) is 0 Å². The van der Waals surface area contributed by atoms with Crippen LogP contribution in [0.3, 0.4) is 0 Å². The lowest BCUT2D eigenvalue weighted by molar-refractivity contribution is 0.445. The summed E-state index contributed by atoms with van der Waals surface area (Å²) in [6, 6.07) is 4.62. The van der Waals surface area contributed by atoms with Crippen LogP contribution in [0.2, 0.25) is 5.02 Å². The predicted molar refractivity (Wildman–Crippen MR) is 69.5 cm³/mol. The number of halogens is 1. The highest BCUT2D eigenvalue weighted by Gasteiger charge is 2.22. The lowest BCUT2D eigenvalue weighted by Gasteiger charge is -2.19. The Morgan fingerprint density at radius 2 is 1.88 bits per heavy atom. The Morgan fingerprint density at radius 1 is 1.29 bits per heavy atom. The second kappa shape index (κ2) is 5.82. The van der Waals surface area contributed by atoms with Gasteiger partial charge in [-0.2, -0.15) is 4.31 Å². The Bertz CT molecular complexity index is 484. The average molecular weight is 277 g/mol. The molecule has 4 nitrogen and oxygen atoms in total. The molecule has 1 aromatic rings. The van der Waals surface area contributed by atoms with Gasteiger partial charge in [0.1, 0.15) is 0 Å². The van der Waals surface area contributed by atoms with Gasteiger partial charge in [-0.25, -0.2) is 8.42 Å². The first kappa shape index (κ1) is 14.4. The highest BCUT2D eigenvalue weighted by Crippen LogP contribution is 2.22. The number of nitrogens with zero attached hydrogens (tertiary/aromatic N) is 1. The first-order chi connectivity index (χ1) is 7.97. The monoisotopic (exact) mass is 276 g/mol. The summed E-state index contributed by atoms with van der Waals surface area (Å²) in [7, 11) is -3.43. The van der Waals surface area contributed by atoms with Gasteiger partial charge in [-0.1, -0.05) is 25.4 Å². The maximum absolute atomic E-state index is 12.2. The van der Waals surface area contributed by atoms with Gasteiger partial charge in [-0.3, -0.25) is 0 Å². The van der Waals surface area contributed by atoms with E-state index in [-0.39, 0.29) is 11.4 Å². The summed E-state index contributed by atoms with van der Waals surface area (Å²) in [6.07, 6.45) is 0. The Hall–Kier alpha value is -0.620. The van der Waals surface area contributed by atoms with E-state index in [0.717, 1.165) is 0 Å². The van der Waals surface area contributed by atoms with Crippen molar-refractivity contribution in [3.63, 3.8) is 0 Å². The maximum Gasteiger partial charge on any atom is 0.243 e. The molecular formula is C11H17ClN2O2S. The Morgan fingerprint density at radius 3 is 2.35 bits per heavy atom. The molecular weight excluding hydrogens is 260 g/mol. The van der Waals surface area contributed by atoms with E-state index >= 15 is 0 Å². The molecule has 0 bridgehead atoms. The fourth-order valence-electron chi connectivity index (χ4n) is 1.58. The van der Waals surface area contributed by atoms with Crippen molar-refractivity contribution in [2.45, 2.75) is 25.3 Å². The van der Waals surface area contributed by atoms with Gasteiger partial charge >= 0.3 is 0 Å². The Labute approximate surface area is 107 Å².